The fourth-order valence-electron chi connectivity index (χ4n) is 3.89. The molecule has 0 unspecified atom stereocenters. The van der Waals surface area contributed by atoms with E-state index in [1.807, 2.05) is 56.3 Å². The number of ether oxygens (including phenoxy) is 2. The van der Waals surface area contributed by atoms with Crippen LogP contribution in [0.4, 0.5) is 24.5 Å². The number of hydrogen-bond acceptors (Lipinski definition) is 6. The molecule has 1 heterocycles. The Labute approximate surface area is 235 Å². The van der Waals surface area contributed by atoms with Crippen LogP contribution in [0, 0.1) is 13.8 Å². The average Bonchev–Trinajstić information content (AvgIpc) is 3.17. The number of anilines is 2. The maximum atomic E-state index is 12.5. The predicted octanol–water partition coefficient (Wildman–Crippen LogP) is 6.81. The summed E-state index contributed by atoms with van der Waals surface area (Å²) in [7, 11) is 1.63. The van der Waals surface area contributed by atoms with E-state index in [0.29, 0.717) is 17.2 Å². The van der Waals surface area contributed by atoms with E-state index >= 15 is 0 Å². The van der Waals surface area contributed by atoms with Gasteiger partial charge in [-0.25, -0.2) is 5.01 Å². The summed E-state index contributed by atoms with van der Waals surface area (Å²) in [6, 6.07) is 16.9. The smallest absolute Gasteiger partial charge is 0.497 e. The molecule has 206 valence electrons. The normalized spacial score (nSPS) is 13.2. The Hall–Kier alpha value is -4.60. The van der Waals surface area contributed by atoms with Gasteiger partial charge in [0.05, 0.1) is 30.9 Å². The van der Waals surface area contributed by atoms with Crippen LogP contribution >= 0.6 is 12.2 Å². The van der Waals surface area contributed by atoms with E-state index in [1.165, 1.54) is 24.3 Å². The fraction of sp³-hybridized carbons (Fsp3) is 0.172. The molecule has 0 aromatic heterocycles. The van der Waals surface area contributed by atoms with Gasteiger partial charge in [0, 0.05) is 12.1 Å². The molecular formula is C29H26F3N5O2S. The first-order chi connectivity index (χ1) is 19.1. The molecule has 4 rings (SSSR count). The second-order valence-corrected chi connectivity index (χ2v) is 9.13. The van der Waals surface area contributed by atoms with E-state index < -0.39 is 6.36 Å². The summed E-state index contributed by atoms with van der Waals surface area (Å²) in [6.07, 6.45) is 0.883. The van der Waals surface area contributed by atoms with Gasteiger partial charge in [-0.1, -0.05) is 24.3 Å². The Kier molecular flexibility index (Phi) is 8.88. The van der Waals surface area contributed by atoms with E-state index in [2.05, 4.69) is 31.4 Å². The van der Waals surface area contributed by atoms with Gasteiger partial charge in [-0.15, -0.1) is 18.9 Å². The number of thiocarbonyl (C=S) groups is 1. The molecule has 40 heavy (non-hydrogen) atoms. The lowest BCUT2D eigenvalue weighted by Gasteiger charge is -2.16. The number of methoxy groups -OCH3 is 1. The summed E-state index contributed by atoms with van der Waals surface area (Å²) in [5.74, 6) is 0.480. The summed E-state index contributed by atoms with van der Waals surface area (Å²) in [4.78, 5) is 0. The van der Waals surface area contributed by atoms with Gasteiger partial charge >= 0.3 is 6.36 Å². The zero-order valence-corrected chi connectivity index (χ0v) is 22.7. The van der Waals surface area contributed by atoms with Crippen LogP contribution < -0.4 is 25.2 Å². The third-order valence-electron chi connectivity index (χ3n) is 5.78. The molecule has 3 aromatic rings. The first-order valence-corrected chi connectivity index (χ1v) is 12.5. The van der Waals surface area contributed by atoms with Crippen LogP contribution in [0.2, 0.25) is 0 Å². The molecule has 0 saturated heterocycles. The Morgan fingerprint density at radius 2 is 1.73 bits per heavy atom. The highest BCUT2D eigenvalue weighted by atomic mass is 32.1. The molecule has 2 N–H and O–H groups in total. The highest BCUT2D eigenvalue weighted by Crippen LogP contribution is 2.27. The quantitative estimate of drug-likeness (QED) is 0.142. The van der Waals surface area contributed by atoms with Crippen LogP contribution in [0.3, 0.4) is 0 Å². The van der Waals surface area contributed by atoms with Crippen molar-refractivity contribution in [3.63, 3.8) is 0 Å². The van der Waals surface area contributed by atoms with Crippen molar-refractivity contribution in [2.75, 3.05) is 17.4 Å². The molecule has 0 bridgehead atoms. The number of aryl methyl sites for hydroxylation is 2. The van der Waals surface area contributed by atoms with Gasteiger partial charge in [-0.3, -0.25) is 5.43 Å². The monoisotopic (exact) mass is 565 g/mol. The van der Waals surface area contributed by atoms with Crippen molar-refractivity contribution in [1.29, 1.82) is 0 Å². The molecule has 0 radical (unpaired) electrons. The summed E-state index contributed by atoms with van der Waals surface area (Å²) in [6.45, 7) is 3.94. The first kappa shape index (κ1) is 28.4. The third-order valence-corrected chi connectivity index (χ3v) is 5.97. The molecular weight excluding hydrogens is 539 g/mol. The maximum absolute atomic E-state index is 12.5. The minimum atomic E-state index is -4.75. The Morgan fingerprint density at radius 1 is 1.05 bits per heavy atom. The highest BCUT2D eigenvalue weighted by Gasteiger charge is 2.31. The standard InChI is InChI=1S/C29H26F3N5O2S/c1-19-16-25(38-3)17-20(2)27(19)34-28(40)35-33-18-21-7-9-22(10-8-21)26-6-4-5-15-37(36-26)23-11-13-24(14-12-23)39-29(30,31)32/h4,7-18H,6H2,1-3H3,(H2,34,35,40)/b33-18+. The van der Waals surface area contributed by atoms with E-state index in [1.54, 1.807) is 24.5 Å². The lowest BCUT2D eigenvalue weighted by Crippen LogP contribution is -2.24. The fourth-order valence-corrected chi connectivity index (χ4v) is 4.05. The van der Waals surface area contributed by atoms with Crippen LogP contribution in [-0.2, 0) is 0 Å². The Morgan fingerprint density at radius 3 is 2.35 bits per heavy atom. The SMILES string of the molecule is COc1cc(C)c(NC(=S)N/N=C/c2ccc(C3=NN(c4ccc(OC(F)(F)F)cc4)C=C=CC3)cc2)c(C)c1. The van der Waals surface area contributed by atoms with Gasteiger partial charge in [0.15, 0.2) is 5.11 Å². The molecule has 0 aliphatic carbocycles. The zero-order chi connectivity index (χ0) is 28.7. The van der Waals surface area contributed by atoms with Gasteiger partial charge < -0.3 is 14.8 Å². The van der Waals surface area contributed by atoms with Crippen molar-refractivity contribution in [2.45, 2.75) is 26.6 Å². The number of allylic oxidation sites excluding steroid dienone is 1. The van der Waals surface area contributed by atoms with Crippen LogP contribution in [0.15, 0.2) is 88.9 Å². The largest absolute Gasteiger partial charge is 0.573 e. The number of halogens is 3. The van der Waals surface area contributed by atoms with Crippen molar-refractivity contribution in [2.24, 2.45) is 10.2 Å². The summed E-state index contributed by atoms with van der Waals surface area (Å²) < 4.78 is 46.6. The van der Waals surface area contributed by atoms with Crippen LogP contribution in [0.5, 0.6) is 11.5 Å². The van der Waals surface area contributed by atoms with Crippen LogP contribution in [-0.4, -0.2) is 30.5 Å². The second-order valence-electron chi connectivity index (χ2n) is 8.72. The molecule has 0 atom stereocenters. The molecule has 11 heteroatoms. The number of nitrogens with one attached hydrogen (secondary N) is 2. The Bertz CT molecular complexity index is 1470. The van der Waals surface area contributed by atoms with Crippen LogP contribution in [0.1, 0.15) is 28.7 Å². The number of nitrogens with zero attached hydrogens (tertiary/aromatic N) is 3. The van der Waals surface area contributed by atoms with E-state index in [-0.39, 0.29) is 5.75 Å². The van der Waals surface area contributed by atoms with Crippen molar-refractivity contribution >= 4 is 40.6 Å². The number of hydrazone groups is 2. The molecule has 0 amide bonds. The molecule has 7 nitrogen and oxygen atoms in total. The van der Waals surface area contributed by atoms with Crippen molar-refractivity contribution in [3.05, 3.63) is 101 Å². The lowest BCUT2D eigenvalue weighted by molar-refractivity contribution is -0.274. The number of alkyl halides is 3. The van der Waals surface area contributed by atoms with Crippen molar-refractivity contribution in [1.82, 2.24) is 5.43 Å². The molecule has 1 aliphatic rings. The minimum absolute atomic E-state index is 0.302. The minimum Gasteiger partial charge on any atom is -0.497 e. The number of hydrogen-bond donors (Lipinski definition) is 2. The van der Waals surface area contributed by atoms with E-state index in [0.717, 1.165) is 39.4 Å². The van der Waals surface area contributed by atoms with Crippen molar-refractivity contribution in [3.8, 4) is 11.5 Å². The number of rotatable bonds is 7. The number of benzene rings is 3. The molecule has 0 fully saturated rings. The van der Waals surface area contributed by atoms with Gasteiger partial charge in [-0.05, 0) is 90.8 Å². The summed E-state index contributed by atoms with van der Waals surface area (Å²) >= 11 is 5.38. The lowest BCUT2D eigenvalue weighted by atomic mass is 10.1. The molecule has 1 aliphatic heterocycles. The highest BCUT2D eigenvalue weighted by molar-refractivity contribution is 7.80. The van der Waals surface area contributed by atoms with Gasteiger partial charge in [0.2, 0.25) is 0 Å². The maximum Gasteiger partial charge on any atom is 0.573 e. The Balaban J connectivity index is 1.39. The van der Waals surface area contributed by atoms with Gasteiger partial charge in [0.1, 0.15) is 11.5 Å². The van der Waals surface area contributed by atoms with E-state index in [4.69, 9.17) is 17.0 Å². The third kappa shape index (κ3) is 7.72. The van der Waals surface area contributed by atoms with Crippen LogP contribution in [0.25, 0.3) is 0 Å². The molecule has 0 saturated carbocycles. The van der Waals surface area contributed by atoms with Gasteiger partial charge in [0.25, 0.3) is 0 Å². The average molecular weight is 566 g/mol. The topological polar surface area (TPSA) is 70.5 Å². The van der Waals surface area contributed by atoms with Crippen molar-refractivity contribution < 1.29 is 22.6 Å². The molecule has 0 spiro atoms. The van der Waals surface area contributed by atoms with Gasteiger partial charge in [-0.2, -0.15) is 10.2 Å². The predicted molar refractivity (Wildman–Crippen MR) is 155 cm³/mol. The first-order valence-electron chi connectivity index (χ1n) is 12.1. The summed E-state index contributed by atoms with van der Waals surface area (Å²) in [5, 5.41) is 14.0. The van der Waals surface area contributed by atoms with E-state index in [9.17, 15) is 13.2 Å². The summed E-state index contributed by atoms with van der Waals surface area (Å²) in [5.41, 5.74) is 11.8. The molecule has 3 aromatic carbocycles. The second kappa shape index (κ2) is 12.5. The zero-order valence-electron chi connectivity index (χ0n) is 21.9.